The summed E-state index contributed by atoms with van der Waals surface area (Å²) in [7, 11) is 3.07. The molecule has 2 aromatic carbocycles. The summed E-state index contributed by atoms with van der Waals surface area (Å²) in [4.78, 5) is 12.1. The monoisotopic (exact) mass is 273 g/mol. The molecule has 0 unspecified atom stereocenters. The number of methoxy groups -OCH3 is 2. The highest BCUT2D eigenvalue weighted by Crippen LogP contribution is 2.36. The van der Waals surface area contributed by atoms with Crippen LogP contribution >= 0.6 is 0 Å². The molecule has 6 heteroatoms. The van der Waals surface area contributed by atoms with Gasteiger partial charge in [-0.05, 0) is 6.07 Å². The van der Waals surface area contributed by atoms with E-state index in [9.17, 15) is 4.79 Å². The van der Waals surface area contributed by atoms with Gasteiger partial charge in [-0.1, -0.05) is 24.3 Å². The molecule has 0 saturated carbocycles. The Kier molecular flexibility index (Phi) is 4.05. The van der Waals surface area contributed by atoms with Crippen LogP contribution in [0.1, 0.15) is 10.4 Å². The van der Waals surface area contributed by atoms with Gasteiger partial charge in [0.05, 0.1) is 19.8 Å². The van der Waals surface area contributed by atoms with Crippen LogP contribution in [0.5, 0.6) is 11.5 Å². The number of hydrogen-bond acceptors (Lipinski definition) is 5. The minimum atomic E-state index is -0.375. The van der Waals surface area contributed by atoms with Crippen molar-refractivity contribution in [1.29, 1.82) is 0 Å². The van der Waals surface area contributed by atoms with Crippen LogP contribution in [0.4, 0.5) is 0 Å². The normalized spacial score (nSPS) is 10.7. The van der Waals surface area contributed by atoms with E-state index in [0.29, 0.717) is 17.1 Å². The molecule has 0 aliphatic heterocycles. The highest BCUT2D eigenvalue weighted by Gasteiger charge is 2.18. The standard InChI is InChI=1S/C14H15N3O3/c1-19-12-7-11(14(18)16-8-17-15)13(20-2)10-6-4-3-5-9(10)12/h3-8H,15H2,1-2H3,(H,16,17,18). The smallest absolute Gasteiger partial charge is 0.260 e. The largest absolute Gasteiger partial charge is 0.496 e. The van der Waals surface area contributed by atoms with Gasteiger partial charge in [0.25, 0.3) is 5.91 Å². The number of nitrogens with zero attached hydrogens (tertiary/aromatic N) is 1. The molecule has 0 bridgehead atoms. The third kappa shape index (κ3) is 2.35. The Bertz CT molecular complexity index is 668. The molecule has 0 radical (unpaired) electrons. The molecule has 20 heavy (non-hydrogen) atoms. The van der Waals surface area contributed by atoms with Crippen LogP contribution in [0, 0.1) is 0 Å². The lowest BCUT2D eigenvalue weighted by Crippen LogP contribution is -2.23. The van der Waals surface area contributed by atoms with Crippen molar-refractivity contribution in [2.75, 3.05) is 14.2 Å². The van der Waals surface area contributed by atoms with Gasteiger partial charge < -0.3 is 20.6 Å². The zero-order valence-electron chi connectivity index (χ0n) is 11.2. The minimum Gasteiger partial charge on any atom is -0.496 e. The Hall–Kier alpha value is -2.76. The van der Waals surface area contributed by atoms with Gasteiger partial charge in [0.15, 0.2) is 0 Å². The highest BCUT2D eigenvalue weighted by atomic mass is 16.5. The molecular weight excluding hydrogens is 258 g/mol. The van der Waals surface area contributed by atoms with Gasteiger partial charge in [0.1, 0.15) is 17.8 Å². The molecule has 0 heterocycles. The first kappa shape index (κ1) is 13.7. The SMILES string of the molecule is COc1cc(C(=O)N/C=N/N)c(OC)c2ccccc12. The maximum atomic E-state index is 12.1. The molecule has 104 valence electrons. The van der Waals surface area contributed by atoms with E-state index in [-0.39, 0.29) is 5.91 Å². The number of hydrogen-bond donors (Lipinski definition) is 2. The molecule has 0 saturated heterocycles. The van der Waals surface area contributed by atoms with Gasteiger partial charge in [-0.3, -0.25) is 4.79 Å². The second-order valence-corrected chi connectivity index (χ2v) is 3.96. The first-order chi connectivity index (χ1) is 9.72. The van der Waals surface area contributed by atoms with Crippen LogP contribution in [-0.2, 0) is 0 Å². The predicted octanol–water partition coefficient (Wildman–Crippen LogP) is 1.49. The van der Waals surface area contributed by atoms with E-state index in [4.69, 9.17) is 15.3 Å². The third-order valence-corrected chi connectivity index (χ3v) is 2.90. The molecule has 2 rings (SSSR count). The van der Waals surface area contributed by atoms with E-state index in [2.05, 4.69) is 10.4 Å². The lowest BCUT2D eigenvalue weighted by atomic mass is 10.0. The van der Waals surface area contributed by atoms with E-state index in [0.717, 1.165) is 17.1 Å². The van der Waals surface area contributed by atoms with E-state index in [1.165, 1.54) is 7.11 Å². The van der Waals surface area contributed by atoms with Gasteiger partial charge in [0, 0.05) is 10.8 Å². The summed E-state index contributed by atoms with van der Waals surface area (Å²) in [6.45, 7) is 0. The average Bonchev–Trinajstić information content (AvgIpc) is 2.50. The van der Waals surface area contributed by atoms with E-state index >= 15 is 0 Å². The molecule has 2 aromatic rings. The Balaban J connectivity index is 2.67. The van der Waals surface area contributed by atoms with Gasteiger partial charge in [-0.15, -0.1) is 0 Å². The molecule has 6 nitrogen and oxygen atoms in total. The summed E-state index contributed by atoms with van der Waals surface area (Å²) < 4.78 is 10.7. The molecule has 0 aliphatic carbocycles. The molecule has 0 atom stereocenters. The summed E-state index contributed by atoms with van der Waals surface area (Å²) in [5.74, 6) is 5.67. The number of rotatable bonds is 4. The Labute approximate surface area is 116 Å². The van der Waals surface area contributed by atoms with Crippen molar-refractivity contribution in [3.63, 3.8) is 0 Å². The Morgan fingerprint density at radius 2 is 1.95 bits per heavy atom. The number of amides is 1. The molecule has 0 aromatic heterocycles. The van der Waals surface area contributed by atoms with Crippen molar-refractivity contribution in [1.82, 2.24) is 5.32 Å². The average molecular weight is 273 g/mol. The van der Waals surface area contributed by atoms with Crippen LogP contribution in [0.25, 0.3) is 10.8 Å². The van der Waals surface area contributed by atoms with Gasteiger partial charge in [0.2, 0.25) is 0 Å². The van der Waals surface area contributed by atoms with Crippen LogP contribution in [0.3, 0.4) is 0 Å². The fraction of sp³-hybridized carbons (Fsp3) is 0.143. The van der Waals surface area contributed by atoms with Gasteiger partial charge >= 0.3 is 0 Å². The van der Waals surface area contributed by atoms with Crippen LogP contribution in [0.15, 0.2) is 35.4 Å². The van der Waals surface area contributed by atoms with E-state index in [1.807, 2.05) is 24.3 Å². The number of carbonyl (C=O) groups is 1. The van der Waals surface area contributed by atoms with Gasteiger partial charge in [-0.25, -0.2) is 0 Å². The van der Waals surface area contributed by atoms with Crippen LogP contribution in [0.2, 0.25) is 0 Å². The maximum absolute atomic E-state index is 12.1. The zero-order chi connectivity index (χ0) is 14.5. The fourth-order valence-corrected chi connectivity index (χ4v) is 2.05. The number of nitrogens with two attached hydrogens (primary N) is 1. The molecule has 0 spiro atoms. The highest BCUT2D eigenvalue weighted by molar-refractivity contribution is 6.08. The summed E-state index contributed by atoms with van der Waals surface area (Å²) in [6, 6.07) is 9.16. The number of carbonyl (C=O) groups excluding carboxylic acids is 1. The number of ether oxygens (including phenoxy) is 2. The summed E-state index contributed by atoms with van der Waals surface area (Å²) >= 11 is 0. The topological polar surface area (TPSA) is 85.9 Å². The predicted molar refractivity (Wildman–Crippen MR) is 77.2 cm³/mol. The van der Waals surface area contributed by atoms with Crippen molar-refractivity contribution < 1.29 is 14.3 Å². The zero-order valence-corrected chi connectivity index (χ0v) is 11.2. The molecule has 1 amide bonds. The third-order valence-electron chi connectivity index (χ3n) is 2.90. The van der Waals surface area contributed by atoms with Crippen molar-refractivity contribution >= 4 is 23.0 Å². The van der Waals surface area contributed by atoms with E-state index in [1.54, 1.807) is 13.2 Å². The van der Waals surface area contributed by atoms with E-state index < -0.39 is 0 Å². The number of hydrazone groups is 1. The molecule has 0 fully saturated rings. The van der Waals surface area contributed by atoms with Crippen LogP contribution < -0.4 is 20.6 Å². The summed E-state index contributed by atoms with van der Waals surface area (Å²) in [5.41, 5.74) is 0.350. The first-order valence-corrected chi connectivity index (χ1v) is 5.89. The van der Waals surface area contributed by atoms with Crippen molar-refractivity contribution in [2.24, 2.45) is 10.9 Å². The van der Waals surface area contributed by atoms with Crippen molar-refractivity contribution in [3.05, 3.63) is 35.9 Å². The van der Waals surface area contributed by atoms with Crippen molar-refractivity contribution in [2.45, 2.75) is 0 Å². The van der Waals surface area contributed by atoms with Crippen molar-refractivity contribution in [3.8, 4) is 11.5 Å². The lowest BCUT2D eigenvalue weighted by Gasteiger charge is -2.14. The first-order valence-electron chi connectivity index (χ1n) is 5.89. The molecular formula is C14H15N3O3. The Morgan fingerprint density at radius 1 is 1.25 bits per heavy atom. The summed E-state index contributed by atoms with van der Waals surface area (Å²) in [6.07, 6.45) is 1.11. The summed E-state index contributed by atoms with van der Waals surface area (Å²) in [5, 5.41) is 7.35. The quantitative estimate of drug-likeness (QED) is 0.382. The molecule has 0 aliphatic rings. The maximum Gasteiger partial charge on any atom is 0.260 e. The second kappa shape index (κ2) is 5.92. The molecule has 3 N–H and O–H groups in total. The number of benzene rings is 2. The second-order valence-electron chi connectivity index (χ2n) is 3.96. The van der Waals surface area contributed by atoms with Gasteiger partial charge in [-0.2, -0.15) is 5.10 Å². The lowest BCUT2D eigenvalue weighted by molar-refractivity contribution is 0.0975. The van der Waals surface area contributed by atoms with Crippen LogP contribution in [-0.4, -0.2) is 26.5 Å². The Morgan fingerprint density at radius 3 is 2.55 bits per heavy atom. The number of nitrogens with one attached hydrogen (secondary N) is 1. The number of fused-ring (bicyclic) bond motifs is 1. The fourth-order valence-electron chi connectivity index (χ4n) is 2.05. The minimum absolute atomic E-state index is 0.350.